The number of amides is 1. The highest BCUT2D eigenvalue weighted by atomic mass is 35.5. The van der Waals surface area contributed by atoms with Gasteiger partial charge in [0.05, 0.1) is 5.75 Å². The molecule has 0 aliphatic carbocycles. The molecule has 0 aliphatic rings. The summed E-state index contributed by atoms with van der Waals surface area (Å²) in [6.45, 7) is 8.18. The molecule has 2 aromatic carbocycles. The summed E-state index contributed by atoms with van der Waals surface area (Å²) in [6.07, 6.45) is -0.278. The highest BCUT2D eigenvalue weighted by Crippen LogP contribution is 2.26. The number of hydrogen-bond donors (Lipinski definition) is 1. The lowest BCUT2D eigenvalue weighted by atomic mass is 10.0. The molecule has 6 nitrogen and oxygen atoms in total. The van der Waals surface area contributed by atoms with E-state index in [1.807, 2.05) is 43.7 Å². The van der Waals surface area contributed by atoms with Gasteiger partial charge in [-0.25, -0.2) is 0 Å². The molecule has 1 aromatic heterocycles. The summed E-state index contributed by atoms with van der Waals surface area (Å²) in [5.41, 5.74) is 2.93. The number of aromatic nitrogens is 3. The first-order valence-corrected chi connectivity index (χ1v) is 11.5. The second-order valence-corrected chi connectivity index (χ2v) is 9.06. The van der Waals surface area contributed by atoms with Crippen molar-refractivity contribution in [2.45, 2.75) is 44.9 Å². The van der Waals surface area contributed by atoms with Gasteiger partial charge in [-0.15, -0.1) is 10.2 Å². The number of nitrogens with one attached hydrogen (secondary N) is 1. The van der Waals surface area contributed by atoms with Crippen LogP contribution in [0.25, 0.3) is 0 Å². The fourth-order valence-corrected chi connectivity index (χ4v) is 3.93. The van der Waals surface area contributed by atoms with Gasteiger partial charge in [-0.1, -0.05) is 55.4 Å². The van der Waals surface area contributed by atoms with Crippen molar-refractivity contribution in [2.75, 3.05) is 11.1 Å². The van der Waals surface area contributed by atoms with Crippen molar-refractivity contribution in [2.24, 2.45) is 7.05 Å². The average Bonchev–Trinajstić information content (AvgIpc) is 3.10. The predicted octanol–water partition coefficient (Wildman–Crippen LogP) is 5.77. The van der Waals surface area contributed by atoms with E-state index in [1.54, 1.807) is 12.1 Å². The predicted molar refractivity (Wildman–Crippen MR) is 126 cm³/mol. The molecule has 0 saturated carbocycles. The molecule has 0 radical (unpaired) electrons. The Morgan fingerprint density at radius 1 is 1.16 bits per heavy atom. The molecule has 31 heavy (non-hydrogen) atoms. The van der Waals surface area contributed by atoms with E-state index in [9.17, 15) is 4.79 Å². The molecule has 1 amide bonds. The first-order valence-electron chi connectivity index (χ1n) is 10.1. The highest BCUT2D eigenvalue weighted by molar-refractivity contribution is 7.99. The van der Waals surface area contributed by atoms with Crippen LogP contribution in [0.1, 0.15) is 49.7 Å². The van der Waals surface area contributed by atoms with Crippen molar-refractivity contribution in [1.29, 1.82) is 0 Å². The number of ether oxygens (including phenoxy) is 1. The number of hydrogen-bond acceptors (Lipinski definition) is 5. The van der Waals surface area contributed by atoms with Crippen molar-refractivity contribution in [1.82, 2.24) is 14.8 Å². The Kier molecular flexibility index (Phi) is 7.62. The van der Waals surface area contributed by atoms with E-state index in [-0.39, 0.29) is 17.8 Å². The molecular weight excluding hydrogens is 432 g/mol. The number of carbonyl (C=O) groups is 1. The number of aryl methyl sites for hydroxylation is 1. The number of anilines is 1. The van der Waals surface area contributed by atoms with Gasteiger partial charge >= 0.3 is 0 Å². The van der Waals surface area contributed by atoms with Crippen LogP contribution in [0.2, 0.25) is 5.02 Å². The topological polar surface area (TPSA) is 69.0 Å². The number of nitrogens with zero attached hydrogens (tertiary/aromatic N) is 3. The maximum atomic E-state index is 12.4. The van der Waals surface area contributed by atoms with Crippen LogP contribution >= 0.6 is 23.4 Å². The molecule has 3 rings (SSSR count). The summed E-state index contributed by atoms with van der Waals surface area (Å²) < 4.78 is 7.89. The molecule has 1 unspecified atom stereocenters. The molecule has 1 N–H and O–H groups in total. The third-order valence-electron chi connectivity index (χ3n) is 4.90. The van der Waals surface area contributed by atoms with Crippen LogP contribution in [0.5, 0.6) is 5.75 Å². The Labute approximate surface area is 192 Å². The monoisotopic (exact) mass is 458 g/mol. The highest BCUT2D eigenvalue weighted by Gasteiger charge is 2.18. The van der Waals surface area contributed by atoms with Crippen LogP contribution in [-0.4, -0.2) is 26.4 Å². The first-order chi connectivity index (χ1) is 14.7. The van der Waals surface area contributed by atoms with E-state index >= 15 is 0 Å². The maximum absolute atomic E-state index is 12.4. The molecule has 164 valence electrons. The van der Waals surface area contributed by atoms with Crippen LogP contribution in [0, 0.1) is 6.92 Å². The van der Waals surface area contributed by atoms with Gasteiger partial charge in [0.1, 0.15) is 5.75 Å². The van der Waals surface area contributed by atoms with Crippen LogP contribution in [-0.2, 0) is 11.8 Å². The first kappa shape index (κ1) is 23.2. The summed E-state index contributed by atoms with van der Waals surface area (Å²) in [5, 5.41) is 12.6. The molecule has 1 heterocycles. The third-order valence-corrected chi connectivity index (χ3v) is 6.15. The molecule has 0 aliphatic heterocycles. The van der Waals surface area contributed by atoms with E-state index in [2.05, 4.69) is 41.5 Å². The number of carbonyl (C=O) groups excluding carboxylic acids is 1. The Bertz CT molecular complexity index is 1050. The number of halogens is 1. The van der Waals surface area contributed by atoms with Gasteiger partial charge in [0.15, 0.2) is 17.1 Å². The van der Waals surface area contributed by atoms with Gasteiger partial charge < -0.3 is 14.6 Å². The van der Waals surface area contributed by atoms with E-state index in [0.29, 0.717) is 27.6 Å². The molecule has 0 bridgehead atoms. The van der Waals surface area contributed by atoms with E-state index in [1.165, 1.54) is 17.3 Å². The zero-order chi connectivity index (χ0) is 22.5. The van der Waals surface area contributed by atoms with Crippen LogP contribution < -0.4 is 10.1 Å². The normalized spacial score (nSPS) is 12.1. The Hall–Kier alpha value is -2.51. The fraction of sp³-hybridized carbons (Fsp3) is 0.348. The van der Waals surface area contributed by atoms with Crippen molar-refractivity contribution in [3.8, 4) is 5.75 Å². The molecule has 0 saturated heterocycles. The zero-order valence-electron chi connectivity index (χ0n) is 18.3. The largest absolute Gasteiger partial charge is 0.483 e. The van der Waals surface area contributed by atoms with Crippen LogP contribution in [0.15, 0.2) is 47.6 Å². The molecule has 3 aromatic rings. The Morgan fingerprint density at radius 2 is 1.87 bits per heavy atom. The van der Waals surface area contributed by atoms with Gasteiger partial charge in [0, 0.05) is 17.8 Å². The molecule has 1 atom stereocenters. The second kappa shape index (κ2) is 10.2. The second-order valence-electron chi connectivity index (χ2n) is 7.68. The molecule has 8 heteroatoms. The summed E-state index contributed by atoms with van der Waals surface area (Å²) in [6, 6.07) is 13.5. The van der Waals surface area contributed by atoms with Crippen molar-refractivity contribution in [3.05, 3.63) is 64.4 Å². The quantitative estimate of drug-likeness (QED) is 0.434. The average molecular weight is 459 g/mol. The van der Waals surface area contributed by atoms with E-state index < -0.39 is 0 Å². The van der Waals surface area contributed by atoms with Crippen molar-refractivity contribution in [3.63, 3.8) is 0 Å². The van der Waals surface area contributed by atoms with Gasteiger partial charge in [0.25, 0.3) is 0 Å². The minimum Gasteiger partial charge on any atom is -0.483 e. The number of benzene rings is 2. The third kappa shape index (κ3) is 6.02. The fourth-order valence-electron chi connectivity index (χ4n) is 3.04. The number of thioether (sulfide) groups is 1. The van der Waals surface area contributed by atoms with Gasteiger partial charge in [-0.05, 0) is 55.2 Å². The zero-order valence-corrected chi connectivity index (χ0v) is 19.9. The summed E-state index contributed by atoms with van der Waals surface area (Å²) in [4.78, 5) is 12.4. The maximum Gasteiger partial charge on any atom is 0.234 e. The Balaban J connectivity index is 1.59. The minimum absolute atomic E-state index is 0.130. The lowest BCUT2D eigenvalue weighted by Crippen LogP contribution is -2.15. The molecule has 0 spiro atoms. The van der Waals surface area contributed by atoms with Crippen LogP contribution in [0.3, 0.4) is 0 Å². The van der Waals surface area contributed by atoms with Gasteiger partial charge in [-0.2, -0.15) is 0 Å². The van der Waals surface area contributed by atoms with E-state index in [0.717, 1.165) is 11.3 Å². The summed E-state index contributed by atoms with van der Waals surface area (Å²) in [5.74, 6) is 2.04. The van der Waals surface area contributed by atoms with Gasteiger partial charge in [0.2, 0.25) is 5.91 Å². The lowest BCUT2D eigenvalue weighted by molar-refractivity contribution is -0.113. The van der Waals surface area contributed by atoms with Crippen LogP contribution in [0.4, 0.5) is 5.69 Å². The molecule has 0 fully saturated rings. The van der Waals surface area contributed by atoms with Gasteiger partial charge in [-0.3, -0.25) is 4.79 Å². The minimum atomic E-state index is -0.278. The summed E-state index contributed by atoms with van der Waals surface area (Å²) >= 11 is 7.34. The van der Waals surface area contributed by atoms with Crippen molar-refractivity contribution >= 4 is 35.0 Å². The van der Waals surface area contributed by atoms with Crippen molar-refractivity contribution < 1.29 is 9.53 Å². The molecular formula is C23H27ClN4O2S. The summed E-state index contributed by atoms with van der Waals surface area (Å²) in [7, 11) is 1.87. The lowest BCUT2D eigenvalue weighted by Gasteiger charge is -2.15. The number of rotatable bonds is 8. The Morgan fingerprint density at radius 3 is 2.55 bits per heavy atom. The smallest absolute Gasteiger partial charge is 0.234 e. The SMILES string of the molecule is Cc1ccc(Cl)cc1NC(=O)CSc1nnc(C(C)Oc2ccc(C(C)C)cc2)n1C. The van der Waals surface area contributed by atoms with E-state index in [4.69, 9.17) is 16.3 Å². The standard InChI is InChI=1S/C23H27ClN4O2S/c1-14(2)17-7-10-19(11-8-17)30-16(4)22-26-27-23(28(22)5)31-13-21(29)25-20-12-18(24)9-6-15(20)3/h6-12,14,16H,13H2,1-5H3,(H,25,29).